The summed E-state index contributed by atoms with van der Waals surface area (Å²) >= 11 is 6.78. The molecule has 1 rings (SSSR count). The third-order valence-corrected chi connectivity index (χ3v) is 10.6. The van der Waals surface area contributed by atoms with Crippen LogP contribution in [0.1, 0.15) is 52.9 Å². The summed E-state index contributed by atoms with van der Waals surface area (Å²) in [5.41, 5.74) is 0. The third-order valence-electron chi connectivity index (χ3n) is 3.96. The standard InChI is InChI=1S/C12H25ClSi/c1-12(2,3)14(4,13)10-11-8-6-5-7-9-11/h11H,5-10H2,1-4H3. The van der Waals surface area contributed by atoms with Gasteiger partial charge in [0.15, 0.2) is 7.38 Å². The number of rotatable bonds is 2. The van der Waals surface area contributed by atoms with Crippen molar-refractivity contribution >= 4 is 18.5 Å². The molecule has 2 heteroatoms. The van der Waals surface area contributed by atoms with E-state index in [1.54, 1.807) is 0 Å². The van der Waals surface area contributed by atoms with E-state index in [9.17, 15) is 0 Å². The molecule has 1 unspecified atom stereocenters. The highest BCUT2D eigenvalue weighted by Gasteiger charge is 2.40. The van der Waals surface area contributed by atoms with E-state index in [4.69, 9.17) is 11.1 Å². The Morgan fingerprint density at radius 2 is 1.64 bits per heavy atom. The second-order valence-corrected chi connectivity index (χ2v) is 13.0. The Morgan fingerprint density at radius 1 is 1.14 bits per heavy atom. The van der Waals surface area contributed by atoms with E-state index < -0.39 is 7.38 Å². The zero-order valence-corrected chi connectivity index (χ0v) is 12.0. The molecule has 1 fully saturated rings. The quantitative estimate of drug-likeness (QED) is 0.455. The van der Waals surface area contributed by atoms with Crippen molar-refractivity contribution in [3.63, 3.8) is 0 Å². The Bertz CT molecular complexity index is 175. The van der Waals surface area contributed by atoms with Gasteiger partial charge in [0.05, 0.1) is 0 Å². The molecule has 1 saturated carbocycles. The second-order valence-electron chi connectivity index (χ2n) is 6.16. The maximum atomic E-state index is 6.78. The summed E-state index contributed by atoms with van der Waals surface area (Å²) in [6, 6.07) is 1.33. The Balaban J connectivity index is 2.49. The van der Waals surface area contributed by atoms with Gasteiger partial charge in [0.1, 0.15) is 0 Å². The summed E-state index contributed by atoms with van der Waals surface area (Å²) in [4.78, 5) is 0. The van der Waals surface area contributed by atoms with Crippen LogP contribution in [0.4, 0.5) is 0 Å². The average Bonchev–Trinajstić information content (AvgIpc) is 2.03. The Hall–Kier alpha value is 0.507. The van der Waals surface area contributed by atoms with Crippen molar-refractivity contribution < 1.29 is 0 Å². The van der Waals surface area contributed by atoms with Gasteiger partial charge in [-0.15, -0.1) is 0 Å². The van der Waals surface area contributed by atoms with Crippen LogP contribution in [-0.2, 0) is 0 Å². The van der Waals surface area contributed by atoms with Gasteiger partial charge in [0, 0.05) is 0 Å². The predicted molar refractivity (Wildman–Crippen MR) is 68.6 cm³/mol. The summed E-state index contributed by atoms with van der Waals surface area (Å²) in [6.07, 6.45) is 7.20. The van der Waals surface area contributed by atoms with E-state index in [2.05, 4.69) is 27.3 Å². The molecule has 0 aliphatic heterocycles. The molecule has 1 aliphatic rings. The molecule has 0 radical (unpaired) electrons. The Labute approximate surface area is 95.1 Å². The molecule has 0 heterocycles. The van der Waals surface area contributed by atoms with Crippen molar-refractivity contribution in [2.24, 2.45) is 5.92 Å². The number of halogens is 1. The van der Waals surface area contributed by atoms with Gasteiger partial charge < -0.3 is 0 Å². The Kier molecular flexibility index (Phi) is 4.10. The van der Waals surface area contributed by atoms with Gasteiger partial charge >= 0.3 is 0 Å². The Morgan fingerprint density at radius 3 is 2.07 bits per heavy atom. The summed E-state index contributed by atoms with van der Waals surface area (Å²) < 4.78 is 0. The molecule has 0 aromatic carbocycles. The van der Waals surface area contributed by atoms with E-state index >= 15 is 0 Å². The minimum absolute atomic E-state index is 0.353. The maximum Gasteiger partial charge on any atom is 0.159 e. The lowest BCUT2D eigenvalue weighted by atomic mass is 9.91. The highest BCUT2D eigenvalue weighted by molar-refractivity contribution is 7.21. The highest BCUT2D eigenvalue weighted by atomic mass is 35.6. The van der Waals surface area contributed by atoms with Gasteiger partial charge in [0.2, 0.25) is 0 Å². The van der Waals surface area contributed by atoms with Crippen molar-refractivity contribution in [3.05, 3.63) is 0 Å². The van der Waals surface area contributed by atoms with Crippen LogP contribution in [0.5, 0.6) is 0 Å². The SMILES string of the molecule is CC(C)(C)[Si](C)(Cl)CC1CCCCC1. The molecule has 0 saturated heterocycles. The molecule has 84 valence electrons. The van der Waals surface area contributed by atoms with Crippen LogP contribution in [-0.4, -0.2) is 7.38 Å². The smallest absolute Gasteiger partial charge is 0.159 e. The van der Waals surface area contributed by atoms with E-state index in [-0.39, 0.29) is 0 Å². The van der Waals surface area contributed by atoms with Gasteiger partial charge in [-0.3, -0.25) is 0 Å². The number of hydrogen-bond acceptors (Lipinski definition) is 0. The van der Waals surface area contributed by atoms with Gasteiger partial charge in [0.25, 0.3) is 0 Å². The number of hydrogen-bond donors (Lipinski definition) is 0. The van der Waals surface area contributed by atoms with Gasteiger partial charge in [-0.05, 0) is 17.0 Å². The van der Waals surface area contributed by atoms with Crippen LogP contribution >= 0.6 is 11.1 Å². The van der Waals surface area contributed by atoms with Crippen molar-refractivity contribution in [1.29, 1.82) is 0 Å². The first-order valence-electron chi connectivity index (χ1n) is 6.02. The van der Waals surface area contributed by atoms with Crippen LogP contribution < -0.4 is 0 Å². The van der Waals surface area contributed by atoms with E-state index in [1.165, 1.54) is 38.1 Å². The van der Waals surface area contributed by atoms with Crippen LogP contribution in [0.3, 0.4) is 0 Å². The predicted octanol–water partition coefficient (Wildman–Crippen LogP) is 5.18. The average molecular weight is 233 g/mol. The maximum absolute atomic E-state index is 6.78. The minimum Gasteiger partial charge on any atom is -0.167 e. The second kappa shape index (κ2) is 4.57. The molecule has 0 amide bonds. The lowest BCUT2D eigenvalue weighted by Gasteiger charge is -2.37. The van der Waals surface area contributed by atoms with E-state index in [0.717, 1.165) is 5.92 Å². The molecule has 0 spiro atoms. The van der Waals surface area contributed by atoms with Crippen LogP contribution in [0.25, 0.3) is 0 Å². The molecule has 0 aromatic rings. The fourth-order valence-electron chi connectivity index (χ4n) is 2.24. The van der Waals surface area contributed by atoms with Crippen molar-refractivity contribution in [2.45, 2.75) is 70.5 Å². The molecule has 1 aliphatic carbocycles. The van der Waals surface area contributed by atoms with Crippen molar-refractivity contribution in [1.82, 2.24) is 0 Å². The fraction of sp³-hybridized carbons (Fsp3) is 1.00. The molecule has 14 heavy (non-hydrogen) atoms. The highest BCUT2D eigenvalue weighted by Crippen LogP contribution is 2.45. The molecule has 0 aromatic heterocycles. The molecule has 1 atom stereocenters. The molecule has 0 bridgehead atoms. The van der Waals surface area contributed by atoms with Crippen molar-refractivity contribution in [2.75, 3.05) is 0 Å². The minimum atomic E-state index is -1.52. The third kappa shape index (κ3) is 3.27. The van der Waals surface area contributed by atoms with E-state index in [0.29, 0.717) is 5.04 Å². The zero-order valence-electron chi connectivity index (χ0n) is 10.2. The lowest BCUT2D eigenvalue weighted by Crippen LogP contribution is -2.36. The zero-order chi connectivity index (χ0) is 10.8. The van der Waals surface area contributed by atoms with E-state index in [1.807, 2.05) is 0 Å². The molecular formula is C12H25ClSi. The summed E-state index contributed by atoms with van der Waals surface area (Å²) in [6.45, 7) is 9.29. The first-order chi connectivity index (χ1) is 6.33. The summed E-state index contributed by atoms with van der Waals surface area (Å²) in [7, 11) is -1.52. The molecule has 0 nitrogen and oxygen atoms in total. The fourth-order valence-corrected chi connectivity index (χ4v) is 5.00. The normalized spacial score (nSPS) is 24.6. The summed E-state index contributed by atoms with van der Waals surface area (Å²) in [5, 5.41) is 0.353. The topological polar surface area (TPSA) is 0 Å². The van der Waals surface area contributed by atoms with Crippen LogP contribution in [0, 0.1) is 5.92 Å². The molecular weight excluding hydrogens is 208 g/mol. The van der Waals surface area contributed by atoms with Crippen LogP contribution in [0.2, 0.25) is 17.6 Å². The largest absolute Gasteiger partial charge is 0.167 e. The molecule has 0 N–H and O–H groups in total. The van der Waals surface area contributed by atoms with Crippen molar-refractivity contribution in [3.8, 4) is 0 Å². The first-order valence-corrected chi connectivity index (χ1v) is 9.74. The first kappa shape index (κ1) is 12.6. The summed E-state index contributed by atoms with van der Waals surface area (Å²) in [5.74, 6) is 0.942. The van der Waals surface area contributed by atoms with Gasteiger partial charge in [-0.1, -0.05) is 59.4 Å². The monoisotopic (exact) mass is 232 g/mol. The van der Waals surface area contributed by atoms with Crippen LogP contribution in [0.15, 0.2) is 0 Å². The lowest BCUT2D eigenvalue weighted by molar-refractivity contribution is 0.380. The van der Waals surface area contributed by atoms with Gasteiger partial charge in [-0.25, -0.2) is 0 Å². The van der Waals surface area contributed by atoms with Gasteiger partial charge in [-0.2, -0.15) is 11.1 Å².